The second kappa shape index (κ2) is 12.8. The average molecular weight is 542 g/mol. The van der Waals surface area contributed by atoms with Crippen LogP contribution in [0, 0.1) is 0 Å². The average Bonchev–Trinajstić information content (AvgIpc) is 3.47. The molecule has 0 atom stereocenters. The number of thioether (sulfide) groups is 1. The first-order valence-electron chi connectivity index (χ1n) is 11.2. The summed E-state index contributed by atoms with van der Waals surface area (Å²) in [5, 5.41) is 0. The zero-order chi connectivity index (χ0) is 21.3. The van der Waals surface area contributed by atoms with Gasteiger partial charge in [-0.2, -0.15) is 0 Å². The van der Waals surface area contributed by atoms with Gasteiger partial charge in [-0.3, -0.25) is 0 Å². The molecule has 0 amide bonds. The van der Waals surface area contributed by atoms with Crippen LogP contribution in [0.25, 0.3) is 19.5 Å². The lowest BCUT2D eigenvalue weighted by molar-refractivity contribution is 0.667. The van der Waals surface area contributed by atoms with Gasteiger partial charge < -0.3 is 0 Å². The molecule has 3 rings (SSSR count). The zero-order valence-electron chi connectivity index (χ0n) is 18.4. The largest absolute Gasteiger partial charge is 0.133 e. The van der Waals surface area contributed by atoms with Crippen LogP contribution in [0.4, 0.5) is 0 Å². The highest BCUT2D eigenvalue weighted by molar-refractivity contribution is 9.11. The topological polar surface area (TPSA) is 0 Å². The van der Waals surface area contributed by atoms with Gasteiger partial charge in [-0.15, -0.1) is 45.8 Å². The molecule has 3 heterocycles. The number of hydrogen-bond acceptors (Lipinski definition) is 4. The van der Waals surface area contributed by atoms with E-state index < -0.39 is 0 Å². The lowest BCUT2D eigenvalue weighted by Gasteiger charge is -2.01. The number of rotatable bonds is 13. The van der Waals surface area contributed by atoms with Gasteiger partial charge in [-0.1, -0.05) is 52.4 Å². The van der Waals surface area contributed by atoms with Crippen LogP contribution in [0.1, 0.15) is 76.3 Å². The van der Waals surface area contributed by atoms with Crippen molar-refractivity contribution < 1.29 is 0 Å². The molecule has 0 radical (unpaired) electrons. The van der Waals surface area contributed by atoms with Crippen LogP contribution in [0.5, 0.6) is 0 Å². The first kappa shape index (κ1) is 24.6. The molecular formula is C25H33BrS4. The summed E-state index contributed by atoms with van der Waals surface area (Å²) in [6.45, 7) is 4.57. The molecule has 0 aliphatic heterocycles. The van der Waals surface area contributed by atoms with Gasteiger partial charge in [0, 0.05) is 19.5 Å². The van der Waals surface area contributed by atoms with Crippen LogP contribution < -0.4 is 0 Å². The van der Waals surface area contributed by atoms with Crippen LogP contribution in [-0.2, 0) is 12.8 Å². The summed E-state index contributed by atoms with van der Waals surface area (Å²) in [7, 11) is 0. The van der Waals surface area contributed by atoms with Crippen LogP contribution in [-0.4, -0.2) is 6.26 Å². The third-order valence-corrected chi connectivity index (χ3v) is 11.1. The molecular weight excluding hydrogens is 508 g/mol. The highest BCUT2D eigenvalue weighted by Crippen LogP contribution is 2.46. The molecule has 0 saturated heterocycles. The summed E-state index contributed by atoms with van der Waals surface area (Å²) in [5.41, 5.74) is 3.04. The maximum absolute atomic E-state index is 3.85. The maximum Gasteiger partial charge on any atom is 0.0737 e. The van der Waals surface area contributed by atoms with Crippen molar-refractivity contribution in [3.63, 3.8) is 0 Å². The Morgan fingerprint density at radius 1 is 0.733 bits per heavy atom. The van der Waals surface area contributed by atoms with Gasteiger partial charge in [0.05, 0.1) is 8.00 Å². The van der Waals surface area contributed by atoms with E-state index in [9.17, 15) is 0 Å². The van der Waals surface area contributed by atoms with Crippen LogP contribution in [0.2, 0.25) is 0 Å². The minimum absolute atomic E-state index is 1.20. The van der Waals surface area contributed by atoms with E-state index in [0.717, 1.165) is 0 Å². The van der Waals surface area contributed by atoms with Crippen molar-refractivity contribution in [2.75, 3.05) is 6.26 Å². The molecule has 3 aromatic rings. The van der Waals surface area contributed by atoms with E-state index in [1.54, 1.807) is 5.56 Å². The number of unbranched alkanes of at least 4 members (excludes halogenated alkanes) is 6. The lowest BCUT2D eigenvalue weighted by Crippen LogP contribution is -1.85. The van der Waals surface area contributed by atoms with Crippen molar-refractivity contribution in [2.24, 2.45) is 0 Å². The van der Waals surface area contributed by atoms with Crippen molar-refractivity contribution in [3.05, 3.63) is 39.2 Å². The molecule has 0 nitrogen and oxygen atoms in total. The molecule has 3 aromatic heterocycles. The minimum atomic E-state index is 1.20. The molecule has 0 unspecified atom stereocenters. The molecule has 0 aliphatic carbocycles. The fraction of sp³-hybridized carbons (Fsp3) is 0.520. The number of thiophene rings is 3. The number of hydrogen-bond donors (Lipinski definition) is 0. The lowest BCUT2D eigenvalue weighted by atomic mass is 10.1. The smallest absolute Gasteiger partial charge is 0.0737 e. The summed E-state index contributed by atoms with van der Waals surface area (Å²) in [5.74, 6) is 0. The highest BCUT2D eigenvalue weighted by atomic mass is 79.9. The first-order chi connectivity index (χ1) is 14.7. The molecule has 0 aliphatic rings. The monoisotopic (exact) mass is 540 g/mol. The van der Waals surface area contributed by atoms with Gasteiger partial charge in [-0.05, 0) is 83.3 Å². The molecule has 5 heteroatoms. The second-order valence-corrected chi connectivity index (χ2v) is 13.4. The Morgan fingerprint density at radius 3 is 2.00 bits per heavy atom. The van der Waals surface area contributed by atoms with Crippen molar-refractivity contribution >= 4 is 61.7 Å². The standard InChI is InChI=1S/C25H33BrS4/c1-4-6-8-10-12-18-16-21(29-24(18)20-14-15-23(27-3)28-20)22-17-19(25(26)30-22)13-11-9-7-5-2/h14-17H,4-13H2,1-3H3. The molecule has 0 fully saturated rings. The molecule has 0 spiro atoms. The van der Waals surface area contributed by atoms with Gasteiger partial charge >= 0.3 is 0 Å². The van der Waals surface area contributed by atoms with E-state index in [1.165, 1.54) is 97.3 Å². The van der Waals surface area contributed by atoms with Crippen LogP contribution >= 0.6 is 61.7 Å². The minimum Gasteiger partial charge on any atom is -0.133 e. The van der Waals surface area contributed by atoms with Crippen molar-refractivity contribution in [1.29, 1.82) is 0 Å². The molecule has 0 saturated carbocycles. The molecule has 30 heavy (non-hydrogen) atoms. The molecule has 164 valence electrons. The first-order valence-corrected chi connectivity index (χ1v) is 15.7. The SMILES string of the molecule is CCCCCCc1cc(-c2cc(CCCCCC)c(-c3ccc(SC)s3)s2)sc1Br. The van der Waals surface area contributed by atoms with E-state index in [0.29, 0.717) is 0 Å². The third kappa shape index (κ3) is 6.71. The normalized spacial score (nSPS) is 11.5. The number of aryl methyl sites for hydroxylation is 2. The van der Waals surface area contributed by atoms with Gasteiger partial charge in [0.2, 0.25) is 0 Å². The summed E-state index contributed by atoms with van der Waals surface area (Å²) < 4.78 is 2.74. The van der Waals surface area contributed by atoms with E-state index >= 15 is 0 Å². The summed E-state index contributed by atoms with van der Waals surface area (Å²) >= 11 is 11.6. The van der Waals surface area contributed by atoms with Crippen molar-refractivity contribution in [3.8, 4) is 19.5 Å². The highest BCUT2D eigenvalue weighted by Gasteiger charge is 2.17. The second-order valence-electron chi connectivity index (χ2n) is 7.82. The van der Waals surface area contributed by atoms with Crippen molar-refractivity contribution in [2.45, 2.75) is 82.3 Å². The zero-order valence-corrected chi connectivity index (χ0v) is 23.2. The molecule has 0 N–H and O–H groups in total. The van der Waals surface area contributed by atoms with Gasteiger partial charge in [0.15, 0.2) is 0 Å². The third-order valence-electron chi connectivity index (χ3n) is 5.41. The molecule has 0 aromatic carbocycles. The summed E-state index contributed by atoms with van der Waals surface area (Å²) in [6.07, 6.45) is 15.2. The Morgan fingerprint density at radius 2 is 1.37 bits per heavy atom. The van der Waals surface area contributed by atoms with Crippen LogP contribution in [0.3, 0.4) is 0 Å². The summed E-state index contributed by atoms with van der Waals surface area (Å²) in [4.78, 5) is 5.82. The fourth-order valence-electron chi connectivity index (χ4n) is 3.68. The van der Waals surface area contributed by atoms with Crippen molar-refractivity contribution in [1.82, 2.24) is 0 Å². The van der Waals surface area contributed by atoms with Gasteiger partial charge in [0.25, 0.3) is 0 Å². The van der Waals surface area contributed by atoms with Gasteiger partial charge in [0.1, 0.15) is 0 Å². The Bertz CT molecular complexity index is 902. The van der Waals surface area contributed by atoms with E-state index in [1.807, 2.05) is 45.8 Å². The summed E-state index contributed by atoms with van der Waals surface area (Å²) in [6, 6.07) is 9.54. The Kier molecular flexibility index (Phi) is 10.5. The van der Waals surface area contributed by atoms with E-state index in [4.69, 9.17) is 0 Å². The molecule has 0 bridgehead atoms. The predicted octanol–water partition coefficient (Wildman–Crippen LogP) is 10.9. The fourth-order valence-corrected chi connectivity index (χ4v) is 8.42. The number of halogens is 1. The maximum atomic E-state index is 3.85. The Hall–Kier alpha value is -0.0700. The van der Waals surface area contributed by atoms with E-state index in [2.05, 4.69) is 60.3 Å². The van der Waals surface area contributed by atoms with Gasteiger partial charge in [-0.25, -0.2) is 0 Å². The predicted molar refractivity (Wildman–Crippen MR) is 146 cm³/mol. The Balaban J connectivity index is 1.82. The quantitative estimate of drug-likeness (QED) is 0.153. The Labute approximate surface area is 207 Å². The van der Waals surface area contributed by atoms with Crippen LogP contribution in [0.15, 0.2) is 32.3 Å². The van der Waals surface area contributed by atoms with E-state index in [-0.39, 0.29) is 0 Å².